The topological polar surface area (TPSA) is 0 Å². The maximum absolute atomic E-state index is 2.55. The fraction of sp³-hybridized carbons (Fsp3) is 0.714. The van der Waals surface area contributed by atoms with Crippen LogP contribution >= 0.6 is 0 Å². The molecule has 0 N–H and O–H groups in total. The van der Waals surface area contributed by atoms with Gasteiger partial charge in [0.1, 0.15) is 0 Å². The lowest BCUT2D eigenvalue weighted by atomic mass is 9.72. The summed E-state index contributed by atoms with van der Waals surface area (Å²) in [5, 5.41) is 0. The third-order valence-electron chi connectivity index (χ3n) is 5.05. The van der Waals surface area contributed by atoms with E-state index in [4.69, 9.17) is 0 Å². The maximum Gasteiger partial charge on any atom is -0.00778 e. The summed E-state index contributed by atoms with van der Waals surface area (Å²) in [6.07, 6.45) is 13.1. The summed E-state index contributed by atoms with van der Waals surface area (Å²) in [5.74, 6) is 2.80. The molecule has 0 unspecified atom stereocenters. The van der Waals surface area contributed by atoms with Gasteiger partial charge in [0.25, 0.3) is 0 Å². The van der Waals surface area contributed by atoms with E-state index in [-0.39, 0.29) is 0 Å². The Morgan fingerprint density at radius 1 is 1.43 bits per heavy atom. The van der Waals surface area contributed by atoms with Crippen LogP contribution in [-0.2, 0) is 0 Å². The number of hydrogen-bond acceptors (Lipinski definition) is 0. The first-order valence-electron chi connectivity index (χ1n) is 6.19. The molecule has 2 bridgehead atoms. The van der Waals surface area contributed by atoms with Crippen LogP contribution in [0.15, 0.2) is 23.8 Å². The van der Waals surface area contributed by atoms with Gasteiger partial charge in [0.15, 0.2) is 0 Å². The predicted octanol–water partition coefficient (Wildman–Crippen LogP) is 3.95. The second-order valence-electron chi connectivity index (χ2n) is 5.31. The summed E-state index contributed by atoms with van der Waals surface area (Å²) in [6.45, 7) is 4.70. The molecule has 0 saturated heterocycles. The van der Waals surface area contributed by atoms with Crippen LogP contribution in [0.3, 0.4) is 0 Å². The van der Waals surface area contributed by atoms with Gasteiger partial charge in [-0.3, -0.25) is 0 Å². The van der Waals surface area contributed by atoms with E-state index in [0.717, 1.165) is 17.8 Å². The third kappa shape index (κ3) is 0.852. The summed E-state index contributed by atoms with van der Waals surface area (Å²) in [6, 6.07) is 0. The van der Waals surface area contributed by atoms with Crippen molar-refractivity contribution in [1.29, 1.82) is 0 Å². The summed E-state index contributed by atoms with van der Waals surface area (Å²) in [5.41, 5.74) is 2.36. The molecule has 0 aromatic carbocycles. The van der Waals surface area contributed by atoms with Crippen molar-refractivity contribution in [2.24, 2.45) is 23.2 Å². The molecule has 0 aromatic heterocycles. The molecule has 0 aliphatic heterocycles. The molecular weight excluding hydrogens is 168 g/mol. The lowest BCUT2D eigenvalue weighted by Gasteiger charge is -2.32. The highest BCUT2D eigenvalue weighted by atomic mass is 14.6. The molecule has 1 saturated carbocycles. The van der Waals surface area contributed by atoms with E-state index in [0.29, 0.717) is 5.41 Å². The minimum Gasteiger partial charge on any atom is -0.0847 e. The van der Waals surface area contributed by atoms with Crippen LogP contribution in [0, 0.1) is 23.2 Å². The number of rotatable bonds is 2. The van der Waals surface area contributed by atoms with Crippen molar-refractivity contribution in [2.45, 2.75) is 39.5 Å². The van der Waals surface area contributed by atoms with Gasteiger partial charge >= 0.3 is 0 Å². The molecule has 0 nitrogen and oxygen atoms in total. The molecule has 0 spiro atoms. The lowest BCUT2D eigenvalue weighted by Crippen LogP contribution is -2.25. The van der Waals surface area contributed by atoms with E-state index < -0.39 is 0 Å². The van der Waals surface area contributed by atoms with Crippen molar-refractivity contribution in [3.63, 3.8) is 0 Å². The highest BCUT2D eigenvalue weighted by Gasteiger charge is 2.55. The Kier molecular flexibility index (Phi) is 1.72. The van der Waals surface area contributed by atoms with Crippen molar-refractivity contribution in [1.82, 2.24) is 0 Å². The molecule has 76 valence electrons. The van der Waals surface area contributed by atoms with Gasteiger partial charge in [-0.25, -0.2) is 0 Å². The molecule has 14 heavy (non-hydrogen) atoms. The van der Waals surface area contributed by atoms with Gasteiger partial charge in [-0.05, 0) is 48.9 Å². The Labute approximate surface area is 87.1 Å². The quantitative estimate of drug-likeness (QED) is 0.576. The Morgan fingerprint density at radius 2 is 2.29 bits per heavy atom. The number of fused-ring (bicyclic) bond motifs is 5. The van der Waals surface area contributed by atoms with E-state index in [1.165, 1.54) is 25.7 Å². The molecule has 3 rings (SSSR count). The molecule has 0 heterocycles. The minimum absolute atomic E-state index is 0.600. The minimum atomic E-state index is 0.600. The zero-order chi connectivity index (χ0) is 9.76. The molecule has 0 heteroatoms. The van der Waals surface area contributed by atoms with Crippen LogP contribution in [0.4, 0.5) is 0 Å². The van der Waals surface area contributed by atoms with Crippen LogP contribution in [0.25, 0.3) is 0 Å². The zero-order valence-corrected chi connectivity index (χ0v) is 9.29. The molecule has 0 aromatic rings. The lowest BCUT2D eigenvalue weighted by molar-refractivity contribution is 0.246. The van der Waals surface area contributed by atoms with Crippen LogP contribution in [0.1, 0.15) is 39.5 Å². The fourth-order valence-electron chi connectivity index (χ4n) is 4.30. The predicted molar refractivity (Wildman–Crippen MR) is 59.9 cm³/mol. The zero-order valence-electron chi connectivity index (χ0n) is 9.29. The first kappa shape index (κ1) is 8.76. The van der Waals surface area contributed by atoms with Gasteiger partial charge in [0, 0.05) is 0 Å². The highest BCUT2D eigenvalue weighted by molar-refractivity contribution is 5.32. The summed E-state index contributed by atoms with van der Waals surface area (Å²) in [7, 11) is 0. The van der Waals surface area contributed by atoms with E-state index in [2.05, 4.69) is 32.1 Å². The molecule has 1 fully saturated rings. The summed E-state index contributed by atoms with van der Waals surface area (Å²) >= 11 is 0. The Hall–Kier alpha value is -0.520. The van der Waals surface area contributed by atoms with Gasteiger partial charge in [0.2, 0.25) is 0 Å². The van der Waals surface area contributed by atoms with Crippen molar-refractivity contribution in [2.75, 3.05) is 0 Å². The molecule has 0 radical (unpaired) electrons. The van der Waals surface area contributed by atoms with Gasteiger partial charge in [-0.2, -0.15) is 0 Å². The van der Waals surface area contributed by atoms with E-state index in [9.17, 15) is 0 Å². The van der Waals surface area contributed by atoms with Crippen LogP contribution in [0.2, 0.25) is 0 Å². The van der Waals surface area contributed by atoms with Crippen molar-refractivity contribution in [3.05, 3.63) is 23.8 Å². The maximum atomic E-state index is 2.55. The molecular formula is C14H20. The molecule has 0 amide bonds. The molecule has 4 atom stereocenters. The summed E-state index contributed by atoms with van der Waals surface area (Å²) in [4.78, 5) is 0. The third-order valence-corrected chi connectivity index (χ3v) is 5.05. The van der Waals surface area contributed by atoms with Crippen molar-refractivity contribution >= 4 is 0 Å². The van der Waals surface area contributed by atoms with Gasteiger partial charge in [-0.1, -0.05) is 37.6 Å². The SMILES string of the molecule is CCC1=CC[C@@H]2[C@H]1[C@H]1C=C[C@@]2(CC)C1. The number of hydrogen-bond donors (Lipinski definition) is 0. The van der Waals surface area contributed by atoms with Crippen molar-refractivity contribution < 1.29 is 0 Å². The van der Waals surface area contributed by atoms with Gasteiger partial charge < -0.3 is 0 Å². The largest absolute Gasteiger partial charge is 0.0847 e. The second-order valence-corrected chi connectivity index (χ2v) is 5.31. The van der Waals surface area contributed by atoms with Gasteiger partial charge in [0.05, 0.1) is 0 Å². The Bertz CT molecular complexity index is 310. The normalized spacial score (nSPS) is 48.4. The van der Waals surface area contributed by atoms with Gasteiger partial charge in [-0.15, -0.1) is 0 Å². The summed E-state index contributed by atoms with van der Waals surface area (Å²) < 4.78 is 0. The number of allylic oxidation sites excluding steroid dienone is 4. The Balaban J connectivity index is 1.97. The standard InChI is InChI=1S/C14H20/c1-3-10-5-6-12-13(10)11-7-8-14(12,4-2)9-11/h5,7-8,11-13H,3-4,6,9H2,1-2H3/t11-,12+,13+,14-/m0/s1. The Morgan fingerprint density at radius 3 is 3.00 bits per heavy atom. The van der Waals surface area contributed by atoms with Crippen LogP contribution in [-0.4, -0.2) is 0 Å². The van der Waals surface area contributed by atoms with E-state index >= 15 is 0 Å². The van der Waals surface area contributed by atoms with E-state index in [1.807, 2.05) is 0 Å². The van der Waals surface area contributed by atoms with Crippen LogP contribution in [0.5, 0.6) is 0 Å². The molecule has 3 aliphatic rings. The smallest absolute Gasteiger partial charge is 0.00778 e. The molecule has 3 aliphatic carbocycles. The fourth-order valence-corrected chi connectivity index (χ4v) is 4.30. The van der Waals surface area contributed by atoms with Crippen LogP contribution < -0.4 is 0 Å². The first-order valence-corrected chi connectivity index (χ1v) is 6.19. The first-order chi connectivity index (χ1) is 6.80. The average molecular weight is 188 g/mol. The van der Waals surface area contributed by atoms with E-state index in [1.54, 1.807) is 5.57 Å². The highest BCUT2D eigenvalue weighted by Crippen LogP contribution is 2.63. The average Bonchev–Trinajstić information content (AvgIpc) is 2.88. The monoisotopic (exact) mass is 188 g/mol. The second kappa shape index (κ2) is 2.74. The van der Waals surface area contributed by atoms with Crippen molar-refractivity contribution in [3.8, 4) is 0 Å².